The molecule has 0 amide bonds. The van der Waals surface area contributed by atoms with E-state index in [9.17, 15) is 0 Å². The Morgan fingerprint density at radius 1 is 1.00 bits per heavy atom. The average Bonchev–Trinajstić information content (AvgIpc) is 2.54. The lowest BCUT2D eigenvalue weighted by atomic mass is 10.1. The summed E-state index contributed by atoms with van der Waals surface area (Å²) in [6.45, 7) is 0. The number of fused-ring (bicyclic) bond motifs is 1. The zero-order valence-corrected chi connectivity index (χ0v) is 11.6. The third-order valence-electron chi connectivity index (χ3n) is 3.09. The van der Waals surface area contributed by atoms with Crippen molar-refractivity contribution >= 4 is 33.8 Å². The van der Waals surface area contributed by atoms with E-state index in [4.69, 9.17) is 16.9 Å². The predicted molar refractivity (Wildman–Crippen MR) is 85.6 cm³/mol. The van der Waals surface area contributed by atoms with E-state index in [1.807, 2.05) is 24.3 Å². The summed E-state index contributed by atoms with van der Waals surface area (Å²) in [7, 11) is 0. The lowest BCUT2D eigenvalue weighted by molar-refractivity contribution is 1.18. The van der Waals surface area contributed by atoms with E-state index < -0.39 is 0 Å². The fourth-order valence-corrected chi connectivity index (χ4v) is 1.98. The van der Waals surface area contributed by atoms with Crippen LogP contribution in [0.15, 0.2) is 59.0 Å². The number of nitrogens with one attached hydrogen (secondary N) is 1. The van der Waals surface area contributed by atoms with E-state index in [-0.39, 0.29) is 5.84 Å². The number of nitrogens with two attached hydrogens (primary N) is 2. The van der Waals surface area contributed by atoms with Crippen molar-refractivity contribution < 1.29 is 0 Å². The van der Waals surface area contributed by atoms with Gasteiger partial charge in [0.2, 0.25) is 0 Å². The number of nitrogen functional groups attached to an aromatic ring is 2. The fraction of sp³-hybridized carbons (Fsp3) is 0. The monoisotopic (exact) mass is 291 g/mol. The third kappa shape index (κ3) is 2.59. The van der Waals surface area contributed by atoms with Crippen LogP contribution in [-0.2, 0) is 0 Å². The average molecular weight is 291 g/mol. The number of rotatable bonds is 3. The molecule has 3 aromatic rings. The molecule has 3 rings (SSSR count). The van der Waals surface area contributed by atoms with Gasteiger partial charge in [-0.15, -0.1) is 10.2 Å². The second-order valence-electron chi connectivity index (χ2n) is 4.59. The van der Waals surface area contributed by atoms with Gasteiger partial charge in [-0.2, -0.15) is 0 Å². The smallest absolute Gasteiger partial charge is 0.151 e. The molecule has 0 saturated heterocycles. The fourth-order valence-electron chi connectivity index (χ4n) is 1.98. The summed E-state index contributed by atoms with van der Waals surface area (Å²) in [5.41, 5.74) is 12.7. The van der Waals surface area contributed by atoms with E-state index in [1.165, 1.54) is 6.20 Å². The molecule has 0 spiro atoms. The van der Waals surface area contributed by atoms with Crippen molar-refractivity contribution in [2.24, 2.45) is 16.0 Å². The molecular weight excluding hydrogens is 278 g/mol. The highest BCUT2D eigenvalue weighted by Gasteiger charge is 2.05. The summed E-state index contributed by atoms with van der Waals surface area (Å²) in [5.74, 6) is 0.224. The van der Waals surface area contributed by atoms with Crippen LogP contribution < -0.4 is 11.5 Å². The lowest BCUT2D eigenvalue weighted by Gasteiger charge is -2.03. The summed E-state index contributed by atoms with van der Waals surface area (Å²) in [6, 6.07) is 11.0. The third-order valence-corrected chi connectivity index (χ3v) is 3.09. The van der Waals surface area contributed by atoms with Crippen molar-refractivity contribution in [2.45, 2.75) is 0 Å². The molecule has 0 radical (unpaired) electrons. The highest BCUT2D eigenvalue weighted by Crippen LogP contribution is 2.31. The van der Waals surface area contributed by atoms with Gasteiger partial charge in [0.25, 0.3) is 0 Å². The molecule has 108 valence electrons. The second-order valence-corrected chi connectivity index (χ2v) is 4.59. The van der Waals surface area contributed by atoms with Gasteiger partial charge in [-0.25, -0.2) is 4.98 Å². The SMILES string of the molecule is N=C(N)c1ccc(/N=N/c2c(N)ncc3ccccc23)cn1. The van der Waals surface area contributed by atoms with Gasteiger partial charge in [-0.05, 0) is 12.1 Å². The number of nitrogens with zero attached hydrogens (tertiary/aromatic N) is 4. The van der Waals surface area contributed by atoms with Crippen LogP contribution in [0.1, 0.15) is 5.69 Å². The molecule has 0 aliphatic rings. The molecule has 0 unspecified atom stereocenters. The van der Waals surface area contributed by atoms with Gasteiger partial charge in [-0.3, -0.25) is 10.4 Å². The number of benzene rings is 1. The summed E-state index contributed by atoms with van der Waals surface area (Å²) in [5, 5.41) is 17.4. The Balaban J connectivity index is 1.98. The van der Waals surface area contributed by atoms with Gasteiger partial charge in [-0.1, -0.05) is 24.3 Å². The minimum Gasteiger partial charge on any atom is -0.382 e. The molecule has 22 heavy (non-hydrogen) atoms. The molecule has 1 aromatic carbocycles. The normalized spacial score (nSPS) is 11.1. The summed E-state index contributed by atoms with van der Waals surface area (Å²) >= 11 is 0. The molecule has 2 heterocycles. The van der Waals surface area contributed by atoms with Gasteiger partial charge in [0.15, 0.2) is 5.82 Å². The van der Waals surface area contributed by atoms with E-state index in [0.29, 0.717) is 22.9 Å². The van der Waals surface area contributed by atoms with Crippen LogP contribution in [-0.4, -0.2) is 15.8 Å². The lowest BCUT2D eigenvalue weighted by Crippen LogP contribution is -2.12. The van der Waals surface area contributed by atoms with Gasteiger partial charge >= 0.3 is 0 Å². The van der Waals surface area contributed by atoms with Crippen molar-refractivity contribution in [3.8, 4) is 0 Å². The standard InChI is InChI=1S/C15H13N7/c16-14(17)12-6-5-10(8-19-12)21-22-13-11-4-2-1-3-9(11)7-20-15(13)18/h1-8H,(H3,16,17)(H2,18,20)/b22-21+. The first-order valence-electron chi connectivity index (χ1n) is 6.50. The zero-order chi connectivity index (χ0) is 15.5. The number of hydrogen-bond acceptors (Lipinski definition) is 6. The van der Waals surface area contributed by atoms with E-state index in [1.54, 1.807) is 18.3 Å². The predicted octanol–water partition coefficient (Wildman–Crippen LogP) is 2.91. The van der Waals surface area contributed by atoms with Crippen LogP contribution in [0.4, 0.5) is 17.2 Å². The Hall–Kier alpha value is -3.35. The van der Waals surface area contributed by atoms with Crippen LogP contribution in [0.3, 0.4) is 0 Å². The number of azo groups is 1. The highest BCUT2D eigenvalue weighted by molar-refractivity contribution is 5.96. The molecule has 0 aliphatic heterocycles. The van der Waals surface area contributed by atoms with Crippen LogP contribution in [0.25, 0.3) is 10.8 Å². The van der Waals surface area contributed by atoms with E-state index >= 15 is 0 Å². The zero-order valence-electron chi connectivity index (χ0n) is 11.6. The van der Waals surface area contributed by atoms with Gasteiger partial charge < -0.3 is 11.5 Å². The minimum atomic E-state index is -0.0917. The van der Waals surface area contributed by atoms with Crippen molar-refractivity contribution in [3.63, 3.8) is 0 Å². The first-order valence-corrected chi connectivity index (χ1v) is 6.50. The number of pyridine rings is 2. The van der Waals surface area contributed by atoms with Crippen LogP contribution in [0.2, 0.25) is 0 Å². The molecule has 2 aromatic heterocycles. The second kappa shape index (κ2) is 5.57. The van der Waals surface area contributed by atoms with E-state index in [2.05, 4.69) is 20.2 Å². The Morgan fingerprint density at radius 2 is 1.82 bits per heavy atom. The van der Waals surface area contributed by atoms with Crippen molar-refractivity contribution in [2.75, 3.05) is 5.73 Å². The molecule has 0 atom stereocenters. The number of amidine groups is 1. The number of aromatic nitrogens is 2. The highest BCUT2D eigenvalue weighted by atomic mass is 15.1. The Kier molecular flexibility index (Phi) is 3.45. The van der Waals surface area contributed by atoms with Gasteiger partial charge in [0.05, 0.1) is 6.20 Å². The molecule has 5 N–H and O–H groups in total. The topological polar surface area (TPSA) is 126 Å². The van der Waals surface area contributed by atoms with Crippen molar-refractivity contribution in [1.29, 1.82) is 5.41 Å². The first-order chi connectivity index (χ1) is 10.6. The molecular formula is C15H13N7. The van der Waals surface area contributed by atoms with Crippen LogP contribution >= 0.6 is 0 Å². The largest absolute Gasteiger partial charge is 0.382 e. The Morgan fingerprint density at radius 3 is 2.55 bits per heavy atom. The van der Waals surface area contributed by atoms with Crippen LogP contribution in [0.5, 0.6) is 0 Å². The molecule has 0 bridgehead atoms. The molecule has 0 fully saturated rings. The van der Waals surface area contributed by atoms with Crippen LogP contribution in [0, 0.1) is 5.41 Å². The Labute approximate surface area is 126 Å². The number of anilines is 1. The molecule has 0 aliphatic carbocycles. The van der Waals surface area contributed by atoms with Gasteiger partial charge in [0, 0.05) is 17.0 Å². The quantitative estimate of drug-likeness (QED) is 0.389. The maximum absolute atomic E-state index is 7.30. The molecule has 7 nitrogen and oxygen atoms in total. The molecule has 7 heteroatoms. The number of hydrogen-bond donors (Lipinski definition) is 3. The Bertz CT molecular complexity index is 869. The summed E-state index contributed by atoms with van der Waals surface area (Å²) < 4.78 is 0. The van der Waals surface area contributed by atoms with Gasteiger partial charge in [0.1, 0.15) is 22.9 Å². The summed E-state index contributed by atoms with van der Waals surface area (Å²) in [6.07, 6.45) is 3.20. The maximum atomic E-state index is 7.30. The van der Waals surface area contributed by atoms with Crippen molar-refractivity contribution in [1.82, 2.24) is 9.97 Å². The van der Waals surface area contributed by atoms with E-state index in [0.717, 1.165) is 10.8 Å². The molecule has 0 saturated carbocycles. The summed E-state index contributed by atoms with van der Waals surface area (Å²) in [4.78, 5) is 8.15. The van der Waals surface area contributed by atoms with Crippen molar-refractivity contribution in [3.05, 3.63) is 54.5 Å². The minimum absolute atomic E-state index is 0.0917. The maximum Gasteiger partial charge on any atom is 0.151 e. The first kappa shape index (κ1) is 13.6.